The van der Waals surface area contributed by atoms with E-state index in [2.05, 4.69) is 18.7 Å². The molecule has 27 heavy (non-hydrogen) atoms. The predicted octanol–water partition coefficient (Wildman–Crippen LogP) is 4.96. The van der Waals surface area contributed by atoms with E-state index >= 15 is 0 Å². The fourth-order valence-corrected chi connectivity index (χ4v) is 4.83. The largest absolute Gasteiger partial charge is 0.325 e. The molecule has 1 fully saturated rings. The van der Waals surface area contributed by atoms with Gasteiger partial charge in [-0.3, -0.25) is 9.69 Å². The number of thioether (sulfide) groups is 1. The molecule has 0 bridgehead atoms. The van der Waals surface area contributed by atoms with Gasteiger partial charge < -0.3 is 4.90 Å². The lowest BCUT2D eigenvalue weighted by molar-refractivity contribution is -0.133. The van der Waals surface area contributed by atoms with E-state index in [-0.39, 0.29) is 23.1 Å². The molecule has 144 valence electrons. The Hall–Kier alpha value is -1.56. The molecule has 2 aromatic carbocycles. The van der Waals surface area contributed by atoms with Crippen molar-refractivity contribution in [1.29, 1.82) is 0 Å². The summed E-state index contributed by atoms with van der Waals surface area (Å²) >= 11 is 8.10. The highest BCUT2D eigenvalue weighted by Gasteiger charge is 2.32. The van der Waals surface area contributed by atoms with E-state index in [9.17, 15) is 9.18 Å². The third-order valence-electron chi connectivity index (χ3n) is 4.73. The Morgan fingerprint density at radius 1 is 1.30 bits per heavy atom. The van der Waals surface area contributed by atoms with Crippen molar-refractivity contribution in [2.24, 2.45) is 0 Å². The molecule has 1 amide bonds. The molecule has 1 aliphatic heterocycles. The minimum absolute atomic E-state index is 0.0469. The second-order valence-corrected chi connectivity index (χ2v) is 8.56. The van der Waals surface area contributed by atoms with Crippen LogP contribution in [0.4, 0.5) is 4.39 Å². The molecular formula is C21H24ClFN2OS. The fraction of sp³-hybridized carbons (Fsp3) is 0.381. The highest BCUT2D eigenvalue weighted by molar-refractivity contribution is 7.99. The Morgan fingerprint density at radius 3 is 2.78 bits per heavy atom. The Morgan fingerprint density at radius 2 is 2.07 bits per heavy atom. The van der Waals surface area contributed by atoms with Crippen molar-refractivity contribution >= 4 is 29.3 Å². The monoisotopic (exact) mass is 406 g/mol. The van der Waals surface area contributed by atoms with Gasteiger partial charge in [0.1, 0.15) is 11.2 Å². The van der Waals surface area contributed by atoms with Gasteiger partial charge in [-0.25, -0.2) is 4.39 Å². The molecule has 1 saturated heterocycles. The number of nitrogens with zero attached hydrogens (tertiary/aromatic N) is 2. The zero-order valence-electron chi connectivity index (χ0n) is 15.6. The van der Waals surface area contributed by atoms with Crippen LogP contribution in [0, 0.1) is 5.82 Å². The van der Waals surface area contributed by atoms with Crippen LogP contribution in [0.2, 0.25) is 5.02 Å². The Balaban J connectivity index is 1.72. The second kappa shape index (κ2) is 9.09. The van der Waals surface area contributed by atoms with Gasteiger partial charge in [0.2, 0.25) is 5.91 Å². The first-order valence-electron chi connectivity index (χ1n) is 9.09. The molecule has 0 saturated carbocycles. The van der Waals surface area contributed by atoms with Crippen LogP contribution in [-0.2, 0) is 11.3 Å². The van der Waals surface area contributed by atoms with Gasteiger partial charge in [-0.15, -0.1) is 11.8 Å². The molecule has 0 unspecified atom stereocenters. The molecular weight excluding hydrogens is 383 g/mol. The maximum Gasteiger partial charge on any atom is 0.237 e. The standard InChI is InChI=1S/C21H24ClFN2OS/c1-15(2)24(13-16-6-5-7-17(23)12-16)14-20(26)25-10-11-27-21(25)18-8-3-4-9-19(18)22/h3-9,12,15,21H,10-11,13-14H2,1-2H3/t21-/m1/s1. The number of hydrogen-bond acceptors (Lipinski definition) is 3. The molecule has 0 aromatic heterocycles. The number of carbonyl (C=O) groups excluding carboxylic acids is 1. The normalized spacial score (nSPS) is 17.1. The zero-order chi connectivity index (χ0) is 19.4. The summed E-state index contributed by atoms with van der Waals surface area (Å²) in [4.78, 5) is 17.0. The maximum atomic E-state index is 13.5. The first kappa shape index (κ1) is 20.2. The summed E-state index contributed by atoms with van der Waals surface area (Å²) in [7, 11) is 0. The molecule has 3 nitrogen and oxygen atoms in total. The average molecular weight is 407 g/mol. The molecule has 6 heteroatoms. The van der Waals surface area contributed by atoms with E-state index < -0.39 is 0 Å². The van der Waals surface area contributed by atoms with Crippen molar-refractivity contribution in [3.63, 3.8) is 0 Å². The summed E-state index contributed by atoms with van der Waals surface area (Å²) in [6.45, 7) is 5.66. The van der Waals surface area contributed by atoms with Crippen LogP contribution in [0.1, 0.15) is 30.3 Å². The van der Waals surface area contributed by atoms with Gasteiger partial charge in [0.25, 0.3) is 0 Å². The van der Waals surface area contributed by atoms with E-state index in [4.69, 9.17) is 11.6 Å². The van der Waals surface area contributed by atoms with Crippen molar-refractivity contribution in [2.45, 2.75) is 31.8 Å². The summed E-state index contributed by atoms with van der Waals surface area (Å²) in [5, 5.41) is 0.643. The van der Waals surface area contributed by atoms with Crippen molar-refractivity contribution in [2.75, 3.05) is 18.8 Å². The van der Waals surface area contributed by atoms with Crippen LogP contribution in [0.5, 0.6) is 0 Å². The number of amides is 1. The van der Waals surface area contributed by atoms with Crippen LogP contribution in [-0.4, -0.2) is 40.6 Å². The van der Waals surface area contributed by atoms with E-state index in [0.29, 0.717) is 24.7 Å². The Kier molecular flexibility index (Phi) is 6.79. The lowest BCUT2D eigenvalue weighted by atomic mass is 10.1. The van der Waals surface area contributed by atoms with E-state index in [1.165, 1.54) is 12.1 Å². The average Bonchev–Trinajstić information content (AvgIpc) is 3.11. The summed E-state index contributed by atoms with van der Waals surface area (Å²) in [6, 6.07) is 14.4. The Labute approximate surface area is 169 Å². The van der Waals surface area contributed by atoms with Crippen molar-refractivity contribution in [1.82, 2.24) is 9.80 Å². The van der Waals surface area contributed by atoms with Gasteiger partial charge in [0, 0.05) is 35.5 Å². The van der Waals surface area contributed by atoms with Crippen molar-refractivity contribution < 1.29 is 9.18 Å². The lowest BCUT2D eigenvalue weighted by Crippen LogP contribution is -2.42. The maximum absolute atomic E-state index is 13.5. The SMILES string of the molecule is CC(C)N(CC(=O)N1CCS[C@@H]1c1ccccc1Cl)Cc1cccc(F)c1. The highest BCUT2D eigenvalue weighted by atomic mass is 35.5. The number of benzene rings is 2. The van der Waals surface area contributed by atoms with Gasteiger partial charge in [-0.05, 0) is 37.6 Å². The van der Waals surface area contributed by atoms with Crippen LogP contribution in [0.3, 0.4) is 0 Å². The molecule has 2 aromatic rings. The predicted molar refractivity (Wildman–Crippen MR) is 110 cm³/mol. The smallest absolute Gasteiger partial charge is 0.237 e. The second-order valence-electron chi connectivity index (χ2n) is 6.96. The molecule has 0 aliphatic carbocycles. The minimum Gasteiger partial charge on any atom is -0.325 e. The molecule has 1 aliphatic rings. The van der Waals surface area contributed by atoms with Gasteiger partial charge >= 0.3 is 0 Å². The van der Waals surface area contributed by atoms with E-state index in [1.54, 1.807) is 17.8 Å². The molecule has 0 N–H and O–H groups in total. The fourth-order valence-electron chi connectivity index (χ4n) is 3.21. The Bertz CT molecular complexity index is 801. The highest BCUT2D eigenvalue weighted by Crippen LogP contribution is 2.40. The number of hydrogen-bond donors (Lipinski definition) is 0. The molecule has 1 atom stereocenters. The van der Waals surface area contributed by atoms with Gasteiger partial charge in [0.15, 0.2) is 0 Å². The van der Waals surface area contributed by atoms with Crippen LogP contribution in [0.25, 0.3) is 0 Å². The first-order chi connectivity index (χ1) is 13.0. The van der Waals surface area contributed by atoms with E-state index in [1.807, 2.05) is 35.2 Å². The van der Waals surface area contributed by atoms with Gasteiger partial charge in [0.05, 0.1) is 6.54 Å². The molecule has 0 radical (unpaired) electrons. The number of halogens is 2. The summed E-state index contributed by atoms with van der Waals surface area (Å²) in [5.74, 6) is 0.722. The zero-order valence-corrected chi connectivity index (χ0v) is 17.1. The number of carbonyl (C=O) groups is 1. The number of rotatable bonds is 6. The molecule has 3 rings (SSSR count). The summed E-state index contributed by atoms with van der Waals surface area (Å²) in [6.07, 6.45) is 0. The molecule has 0 spiro atoms. The van der Waals surface area contributed by atoms with Crippen LogP contribution < -0.4 is 0 Å². The van der Waals surface area contributed by atoms with Gasteiger partial charge in [-0.2, -0.15) is 0 Å². The minimum atomic E-state index is -0.253. The van der Waals surface area contributed by atoms with Crippen LogP contribution in [0.15, 0.2) is 48.5 Å². The third kappa shape index (κ3) is 5.03. The first-order valence-corrected chi connectivity index (χ1v) is 10.5. The van der Waals surface area contributed by atoms with Crippen LogP contribution >= 0.6 is 23.4 Å². The summed E-state index contributed by atoms with van der Waals surface area (Å²) < 4.78 is 13.5. The van der Waals surface area contributed by atoms with Crippen molar-refractivity contribution in [3.05, 3.63) is 70.5 Å². The quantitative estimate of drug-likeness (QED) is 0.677. The summed E-state index contributed by atoms with van der Waals surface area (Å²) in [5.41, 5.74) is 1.85. The topological polar surface area (TPSA) is 23.6 Å². The lowest BCUT2D eigenvalue weighted by Gasteiger charge is -2.30. The van der Waals surface area contributed by atoms with E-state index in [0.717, 1.165) is 16.9 Å². The van der Waals surface area contributed by atoms with Gasteiger partial charge in [-0.1, -0.05) is 41.9 Å². The third-order valence-corrected chi connectivity index (χ3v) is 6.31. The van der Waals surface area contributed by atoms with Crippen molar-refractivity contribution in [3.8, 4) is 0 Å². The molecule has 1 heterocycles.